The van der Waals surface area contributed by atoms with Gasteiger partial charge in [0, 0.05) is 46.9 Å². The minimum absolute atomic E-state index is 0.247. The van der Waals surface area contributed by atoms with Gasteiger partial charge in [-0.1, -0.05) is 49.0 Å². The molecule has 2 N–H and O–H groups in total. The van der Waals surface area contributed by atoms with Crippen molar-refractivity contribution in [3.63, 3.8) is 0 Å². The largest absolute Gasteiger partial charge is 0.481 e. The lowest BCUT2D eigenvalue weighted by molar-refractivity contribution is -0.111. The quantitative estimate of drug-likeness (QED) is 0.262. The fourth-order valence-electron chi connectivity index (χ4n) is 4.30. The normalized spacial score (nSPS) is 10.8. The number of amides is 1. The summed E-state index contributed by atoms with van der Waals surface area (Å²) in [7, 11) is 1.63. The summed E-state index contributed by atoms with van der Waals surface area (Å²) in [4.78, 5) is 24.2. The van der Waals surface area contributed by atoms with Crippen LogP contribution in [0.15, 0.2) is 98.0 Å². The summed E-state index contributed by atoms with van der Waals surface area (Å²) in [5.41, 5.74) is 7.93. The van der Waals surface area contributed by atoms with Crippen molar-refractivity contribution in [2.75, 3.05) is 12.4 Å². The van der Waals surface area contributed by atoms with Gasteiger partial charge in [0.15, 0.2) is 0 Å². The van der Waals surface area contributed by atoms with Gasteiger partial charge in [0.2, 0.25) is 11.8 Å². The summed E-state index contributed by atoms with van der Waals surface area (Å²) in [6.07, 6.45) is 8.74. The molecule has 0 aliphatic heterocycles. The first-order valence-electron chi connectivity index (χ1n) is 11.7. The minimum atomic E-state index is -0.247. The molecule has 0 saturated carbocycles. The van der Waals surface area contributed by atoms with E-state index in [-0.39, 0.29) is 5.91 Å². The Morgan fingerprint density at radius 2 is 1.83 bits per heavy atom. The van der Waals surface area contributed by atoms with Crippen LogP contribution < -0.4 is 10.1 Å². The first-order chi connectivity index (χ1) is 17.6. The fourth-order valence-corrected chi connectivity index (χ4v) is 4.30. The first kappa shape index (κ1) is 23.1. The SMILES string of the molecule is C=CC(=O)Nc1cccc(-c2cnc3[nH]cc(-c4cc(OC)ncc4CCc4ccccc4)c3c2)c1. The van der Waals surface area contributed by atoms with Crippen LogP contribution in [0.2, 0.25) is 0 Å². The molecule has 1 amide bonds. The van der Waals surface area contributed by atoms with E-state index >= 15 is 0 Å². The van der Waals surface area contributed by atoms with Crippen LogP contribution in [0.3, 0.4) is 0 Å². The topological polar surface area (TPSA) is 79.9 Å². The number of hydrogen-bond acceptors (Lipinski definition) is 4. The van der Waals surface area contributed by atoms with Crippen LogP contribution in [0, 0.1) is 0 Å². The maximum Gasteiger partial charge on any atom is 0.247 e. The minimum Gasteiger partial charge on any atom is -0.481 e. The molecule has 3 aromatic heterocycles. The number of hydrogen-bond donors (Lipinski definition) is 2. The van der Waals surface area contributed by atoms with E-state index in [2.05, 4.69) is 57.2 Å². The van der Waals surface area contributed by atoms with Gasteiger partial charge in [-0.2, -0.15) is 0 Å². The molecular formula is C30H26N4O2. The Hall–Kier alpha value is -4.71. The van der Waals surface area contributed by atoms with Gasteiger partial charge in [-0.25, -0.2) is 9.97 Å². The van der Waals surface area contributed by atoms with Crippen molar-refractivity contribution < 1.29 is 9.53 Å². The lowest BCUT2D eigenvalue weighted by Crippen LogP contribution is -2.06. The number of rotatable bonds is 8. The Kier molecular flexibility index (Phi) is 6.58. The van der Waals surface area contributed by atoms with E-state index < -0.39 is 0 Å². The van der Waals surface area contributed by atoms with E-state index in [9.17, 15) is 4.79 Å². The molecule has 2 aromatic carbocycles. The van der Waals surface area contributed by atoms with E-state index in [4.69, 9.17) is 4.74 Å². The Bertz CT molecular complexity index is 1540. The maximum atomic E-state index is 11.7. The number of ether oxygens (including phenoxy) is 1. The summed E-state index contributed by atoms with van der Waals surface area (Å²) >= 11 is 0. The first-order valence-corrected chi connectivity index (χ1v) is 11.7. The number of fused-ring (bicyclic) bond motifs is 1. The number of carbonyl (C=O) groups is 1. The molecule has 0 fully saturated rings. The number of aromatic nitrogens is 3. The van der Waals surface area contributed by atoms with E-state index in [0.29, 0.717) is 11.6 Å². The second kappa shape index (κ2) is 10.3. The number of carbonyl (C=O) groups excluding carboxylic acids is 1. The number of anilines is 1. The Labute approximate surface area is 209 Å². The number of nitrogens with zero attached hydrogens (tertiary/aromatic N) is 2. The average Bonchev–Trinajstić information content (AvgIpc) is 3.35. The molecule has 0 unspecified atom stereocenters. The smallest absolute Gasteiger partial charge is 0.247 e. The van der Waals surface area contributed by atoms with E-state index in [1.807, 2.05) is 55.0 Å². The number of pyridine rings is 2. The number of aryl methyl sites for hydroxylation is 2. The molecule has 5 rings (SSSR count). The summed E-state index contributed by atoms with van der Waals surface area (Å²) in [6, 6.07) is 22.2. The predicted octanol–water partition coefficient (Wildman–Crippen LogP) is 6.21. The summed E-state index contributed by atoms with van der Waals surface area (Å²) in [5.74, 6) is 0.320. The molecule has 0 atom stereocenters. The van der Waals surface area contributed by atoms with Gasteiger partial charge in [0.1, 0.15) is 5.65 Å². The van der Waals surface area contributed by atoms with Gasteiger partial charge in [0.25, 0.3) is 0 Å². The van der Waals surface area contributed by atoms with Crippen molar-refractivity contribution in [2.24, 2.45) is 0 Å². The van der Waals surface area contributed by atoms with Crippen LogP contribution in [0.5, 0.6) is 5.88 Å². The molecule has 178 valence electrons. The summed E-state index contributed by atoms with van der Waals surface area (Å²) < 4.78 is 5.45. The molecule has 6 heteroatoms. The van der Waals surface area contributed by atoms with Crippen molar-refractivity contribution in [3.8, 4) is 28.1 Å². The third kappa shape index (κ3) is 4.88. The van der Waals surface area contributed by atoms with Gasteiger partial charge in [-0.05, 0) is 59.4 Å². The van der Waals surface area contributed by atoms with Crippen molar-refractivity contribution in [1.29, 1.82) is 0 Å². The Morgan fingerprint density at radius 3 is 2.64 bits per heavy atom. The van der Waals surface area contributed by atoms with Gasteiger partial charge in [-0.3, -0.25) is 4.79 Å². The second-order valence-electron chi connectivity index (χ2n) is 8.47. The molecule has 0 aliphatic carbocycles. The van der Waals surface area contributed by atoms with Gasteiger partial charge in [-0.15, -0.1) is 0 Å². The molecule has 0 radical (unpaired) electrons. The monoisotopic (exact) mass is 474 g/mol. The third-order valence-electron chi connectivity index (χ3n) is 6.17. The summed E-state index contributed by atoms with van der Waals surface area (Å²) in [5, 5.41) is 3.82. The lowest BCUT2D eigenvalue weighted by Gasteiger charge is -2.11. The number of benzene rings is 2. The molecule has 6 nitrogen and oxygen atoms in total. The highest BCUT2D eigenvalue weighted by Gasteiger charge is 2.15. The molecular weight excluding hydrogens is 448 g/mol. The zero-order valence-corrected chi connectivity index (χ0v) is 20.0. The molecule has 0 spiro atoms. The van der Waals surface area contributed by atoms with Crippen LogP contribution in [-0.4, -0.2) is 28.0 Å². The van der Waals surface area contributed by atoms with Crippen molar-refractivity contribution in [2.45, 2.75) is 12.8 Å². The zero-order valence-electron chi connectivity index (χ0n) is 20.0. The lowest BCUT2D eigenvalue weighted by atomic mass is 9.96. The van der Waals surface area contributed by atoms with Crippen LogP contribution in [0.1, 0.15) is 11.1 Å². The van der Waals surface area contributed by atoms with E-state index in [0.717, 1.165) is 51.7 Å². The maximum absolute atomic E-state index is 11.7. The van der Waals surface area contributed by atoms with Crippen LogP contribution in [0.25, 0.3) is 33.3 Å². The van der Waals surface area contributed by atoms with Crippen molar-refractivity contribution in [3.05, 3.63) is 109 Å². The number of methoxy groups -OCH3 is 1. The van der Waals surface area contributed by atoms with E-state index in [1.165, 1.54) is 11.6 Å². The molecule has 36 heavy (non-hydrogen) atoms. The number of aromatic amines is 1. The molecule has 5 aromatic rings. The van der Waals surface area contributed by atoms with E-state index in [1.54, 1.807) is 7.11 Å². The average molecular weight is 475 g/mol. The Balaban J connectivity index is 1.54. The highest BCUT2D eigenvalue weighted by atomic mass is 16.5. The van der Waals surface area contributed by atoms with Gasteiger partial charge in [0.05, 0.1) is 7.11 Å². The molecule has 0 saturated heterocycles. The Morgan fingerprint density at radius 1 is 0.972 bits per heavy atom. The van der Waals surface area contributed by atoms with Gasteiger partial charge >= 0.3 is 0 Å². The highest BCUT2D eigenvalue weighted by Crippen LogP contribution is 2.35. The van der Waals surface area contributed by atoms with Crippen LogP contribution in [-0.2, 0) is 17.6 Å². The fraction of sp³-hybridized carbons (Fsp3) is 0.100. The molecule has 0 aliphatic rings. The van der Waals surface area contributed by atoms with Crippen molar-refractivity contribution in [1.82, 2.24) is 15.0 Å². The molecule has 0 bridgehead atoms. The second-order valence-corrected chi connectivity index (χ2v) is 8.47. The van der Waals surface area contributed by atoms with Crippen molar-refractivity contribution >= 4 is 22.6 Å². The highest BCUT2D eigenvalue weighted by molar-refractivity contribution is 6.00. The predicted molar refractivity (Wildman–Crippen MR) is 144 cm³/mol. The van der Waals surface area contributed by atoms with Gasteiger partial charge < -0.3 is 15.0 Å². The standard InChI is InChI=1S/C30H26N4O2/c1-3-28(35)34-24-11-7-10-21(14-24)23-15-26-27(19-33-30(26)32-18-23)25-16-29(36-2)31-17-22(25)13-12-20-8-5-4-6-9-20/h3-11,14-19H,1,12-13H2,2H3,(H,32,33)(H,34,35). The number of H-pyrrole nitrogens is 1. The van der Waals surface area contributed by atoms with Crippen LogP contribution >= 0.6 is 0 Å². The van der Waals surface area contributed by atoms with Crippen LogP contribution in [0.4, 0.5) is 5.69 Å². The third-order valence-corrected chi connectivity index (χ3v) is 6.17. The molecule has 3 heterocycles. The number of nitrogens with one attached hydrogen (secondary N) is 2. The zero-order chi connectivity index (χ0) is 24.9. The summed E-state index contributed by atoms with van der Waals surface area (Å²) in [6.45, 7) is 3.51.